The van der Waals surface area contributed by atoms with E-state index in [9.17, 15) is 14.4 Å². The molecule has 0 heterocycles. The zero-order valence-electron chi connectivity index (χ0n) is 43.7. The van der Waals surface area contributed by atoms with Gasteiger partial charge in [0.05, 0.1) is 0 Å². The summed E-state index contributed by atoms with van der Waals surface area (Å²) in [7, 11) is 0. The first-order valence-electron chi connectivity index (χ1n) is 28.3. The van der Waals surface area contributed by atoms with Gasteiger partial charge in [0.25, 0.3) is 0 Å². The van der Waals surface area contributed by atoms with E-state index < -0.39 is 6.10 Å². The summed E-state index contributed by atoms with van der Waals surface area (Å²) in [4.78, 5) is 38.1. The summed E-state index contributed by atoms with van der Waals surface area (Å²) < 4.78 is 16.8. The van der Waals surface area contributed by atoms with Gasteiger partial charge < -0.3 is 14.2 Å². The standard InChI is InChI=1S/C60H106O6/c1-4-7-10-13-16-19-22-25-28-30-31-33-35-38-41-44-47-50-53-59(62)65-56-57(55-64-58(61)52-49-46-43-40-37-34-27-24-21-18-15-12-9-6-3)66-60(63)54-51-48-45-42-39-36-32-29-26-23-20-17-14-11-8-5-2/h9,12,18,21,29,31-33,36,39,57H,4-8,10-11,13-17,19-20,22-28,30,34-35,37-38,40-56H2,1-3H3/b12-9-,21-18-,32-29-,33-31-,39-36-. The summed E-state index contributed by atoms with van der Waals surface area (Å²) in [6.07, 6.45) is 67.8. The van der Waals surface area contributed by atoms with Gasteiger partial charge in [0.2, 0.25) is 0 Å². The van der Waals surface area contributed by atoms with Gasteiger partial charge in [0, 0.05) is 19.3 Å². The van der Waals surface area contributed by atoms with Crippen molar-refractivity contribution in [2.45, 2.75) is 290 Å². The van der Waals surface area contributed by atoms with Gasteiger partial charge in [0.15, 0.2) is 6.10 Å². The molecule has 0 amide bonds. The van der Waals surface area contributed by atoms with Crippen molar-refractivity contribution in [1.29, 1.82) is 0 Å². The van der Waals surface area contributed by atoms with Crippen LogP contribution in [0.2, 0.25) is 0 Å². The number of esters is 3. The molecule has 0 N–H and O–H groups in total. The molecular formula is C60H106O6. The van der Waals surface area contributed by atoms with E-state index in [0.29, 0.717) is 19.3 Å². The number of rotatable bonds is 51. The van der Waals surface area contributed by atoms with Gasteiger partial charge in [-0.3, -0.25) is 14.4 Å². The first kappa shape index (κ1) is 63.1. The number of unbranched alkanes of at least 4 members (excludes halogenated alkanes) is 31. The maximum absolute atomic E-state index is 12.8. The van der Waals surface area contributed by atoms with Gasteiger partial charge in [-0.1, -0.05) is 229 Å². The molecule has 0 radical (unpaired) electrons. The SMILES string of the molecule is CC/C=C\C/C=C\CCCCCCCCCC(=O)OCC(COC(=O)CCCCCCC/C=C\CCCCCCCCCCC)OC(=O)CCCCC/C=C\C=C/CCCCCCCCC. The van der Waals surface area contributed by atoms with Gasteiger partial charge in [-0.25, -0.2) is 0 Å². The number of hydrogen-bond donors (Lipinski definition) is 0. The fraction of sp³-hybridized carbons (Fsp3) is 0.783. The van der Waals surface area contributed by atoms with Crippen molar-refractivity contribution >= 4 is 17.9 Å². The van der Waals surface area contributed by atoms with Crippen LogP contribution in [0.1, 0.15) is 284 Å². The van der Waals surface area contributed by atoms with Crippen LogP contribution in [0.5, 0.6) is 0 Å². The molecule has 0 aliphatic heterocycles. The molecule has 0 aliphatic carbocycles. The average molecular weight is 924 g/mol. The highest BCUT2D eigenvalue weighted by atomic mass is 16.6. The Hall–Kier alpha value is -2.89. The van der Waals surface area contributed by atoms with Crippen LogP contribution < -0.4 is 0 Å². The molecule has 0 rings (SSSR count). The molecule has 6 nitrogen and oxygen atoms in total. The lowest BCUT2D eigenvalue weighted by Crippen LogP contribution is -2.30. The van der Waals surface area contributed by atoms with E-state index >= 15 is 0 Å². The van der Waals surface area contributed by atoms with Crippen LogP contribution in [0.25, 0.3) is 0 Å². The predicted molar refractivity (Wildman–Crippen MR) is 284 cm³/mol. The molecule has 1 unspecified atom stereocenters. The first-order valence-corrected chi connectivity index (χ1v) is 28.3. The molecule has 0 aromatic rings. The molecule has 0 saturated carbocycles. The van der Waals surface area contributed by atoms with Crippen molar-refractivity contribution in [1.82, 2.24) is 0 Å². The molecule has 382 valence electrons. The van der Waals surface area contributed by atoms with Gasteiger partial charge in [-0.05, 0) is 96.3 Å². The molecule has 6 heteroatoms. The Bertz CT molecular complexity index is 1200. The van der Waals surface area contributed by atoms with Crippen molar-refractivity contribution < 1.29 is 28.6 Å². The highest BCUT2D eigenvalue weighted by molar-refractivity contribution is 5.71. The lowest BCUT2D eigenvalue weighted by molar-refractivity contribution is -0.167. The molecule has 1 atom stereocenters. The van der Waals surface area contributed by atoms with Gasteiger partial charge in [-0.2, -0.15) is 0 Å². The molecule has 66 heavy (non-hydrogen) atoms. The van der Waals surface area contributed by atoms with Crippen LogP contribution in [-0.4, -0.2) is 37.2 Å². The minimum atomic E-state index is -0.794. The highest BCUT2D eigenvalue weighted by Gasteiger charge is 2.19. The Morgan fingerprint density at radius 2 is 0.636 bits per heavy atom. The van der Waals surface area contributed by atoms with Crippen LogP contribution in [0.15, 0.2) is 60.8 Å². The second kappa shape index (κ2) is 54.7. The van der Waals surface area contributed by atoms with Crippen molar-refractivity contribution in [3.8, 4) is 0 Å². The molecule has 0 fully saturated rings. The fourth-order valence-electron chi connectivity index (χ4n) is 8.00. The Morgan fingerprint density at radius 1 is 0.333 bits per heavy atom. The monoisotopic (exact) mass is 923 g/mol. The Kier molecular flexibility index (Phi) is 52.3. The summed E-state index contributed by atoms with van der Waals surface area (Å²) >= 11 is 0. The smallest absolute Gasteiger partial charge is 0.306 e. The minimum absolute atomic E-state index is 0.0911. The topological polar surface area (TPSA) is 78.9 Å². The van der Waals surface area contributed by atoms with E-state index in [4.69, 9.17) is 14.2 Å². The zero-order valence-corrected chi connectivity index (χ0v) is 43.7. The van der Waals surface area contributed by atoms with E-state index in [0.717, 1.165) is 96.3 Å². The van der Waals surface area contributed by atoms with E-state index in [-0.39, 0.29) is 31.1 Å². The lowest BCUT2D eigenvalue weighted by Gasteiger charge is -2.18. The summed E-state index contributed by atoms with van der Waals surface area (Å²) in [6, 6.07) is 0. The number of ether oxygens (including phenoxy) is 3. The van der Waals surface area contributed by atoms with Crippen LogP contribution in [-0.2, 0) is 28.6 Å². The second-order valence-corrected chi connectivity index (χ2v) is 18.8. The second-order valence-electron chi connectivity index (χ2n) is 18.8. The fourth-order valence-corrected chi connectivity index (χ4v) is 8.00. The van der Waals surface area contributed by atoms with Gasteiger partial charge in [0.1, 0.15) is 13.2 Å². The van der Waals surface area contributed by atoms with Crippen LogP contribution in [0.3, 0.4) is 0 Å². The van der Waals surface area contributed by atoms with Crippen LogP contribution >= 0.6 is 0 Å². The van der Waals surface area contributed by atoms with Crippen molar-refractivity contribution in [2.24, 2.45) is 0 Å². The van der Waals surface area contributed by atoms with E-state index in [2.05, 4.69) is 81.5 Å². The van der Waals surface area contributed by atoms with Crippen molar-refractivity contribution in [3.63, 3.8) is 0 Å². The lowest BCUT2D eigenvalue weighted by atomic mass is 10.1. The maximum atomic E-state index is 12.8. The molecule has 0 saturated heterocycles. The maximum Gasteiger partial charge on any atom is 0.306 e. The zero-order chi connectivity index (χ0) is 47.9. The third-order valence-electron chi connectivity index (χ3n) is 12.3. The summed E-state index contributed by atoms with van der Waals surface area (Å²) in [5, 5.41) is 0. The van der Waals surface area contributed by atoms with Crippen molar-refractivity contribution in [2.75, 3.05) is 13.2 Å². The van der Waals surface area contributed by atoms with E-state index in [1.54, 1.807) is 0 Å². The number of carbonyl (C=O) groups excluding carboxylic acids is 3. The summed E-state index contributed by atoms with van der Waals surface area (Å²) in [5.41, 5.74) is 0. The third-order valence-corrected chi connectivity index (χ3v) is 12.3. The normalized spacial score (nSPS) is 12.5. The highest BCUT2D eigenvalue weighted by Crippen LogP contribution is 2.15. The predicted octanol–water partition coefficient (Wildman–Crippen LogP) is 18.8. The summed E-state index contributed by atoms with van der Waals surface area (Å²) in [5.74, 6) is -0.925. The van der Waals surface area contributed by atoms with Crippen molar-refractivity contribution in [3.05, 3.63) is 60.8 Å². The number of hydrogen-bond acceptors (Lipinski definition) is 6. The average Bonchev–Trinajstić information content (AvgIpc) is 3.31. The minimum Gasteiger partial charge on any atom is -0.462 e. The Labute approximate surface area is 409 Å². The first-order chi connectivity index (χ1) is 32.5. The van der Waals surface area contributed by atoms with Gasteiger partial charge in [-0.15, -0.1) is 0 Å². The molecule has 0 aromatic heterocycles. The molecule has 0 aromatic carbocycles. The number of allylic oxidation sites excluding steroid dienone is 10. The van der Waals surface area contributed by atoms with E-state index in [1.807, 2.05) is 0 Å². The van der Waals surface area contributed by atoms with Crippen LogP contribution in [0.4, 0.5) is 0 Å². The molecule has 0 aliphatic rings. The molecular weight excluding hydrogens is 817 g/mol. The Balaban J connectivity index is 4.42. The third kappa shape index (κ3) is 52.1. The summed E-state index contributed by atoms with van der Waals surface area (Å²) in [6.45, 7) is 6.51. The molecule has 0 spiro atoms. The number of carbonyl (C=O) groups is 3. The Morgan fingerprint density at radius 3 is 1.03 bits per heavy atom. The quantitative estimate of drug-likeness (QED) is 0.0199. The van der Waals surface area contributed by atoms with Gasteiger partial charge >= 0.3 is 17.9 Å². The largest absolute Gasteiger partial charge is 0.462 e. The molecule has 0 bridgehead atoms. The van der Waals surface area contributed by atoms with Crippen LogP contribution in [0, 0.1) is 0 Å². The van der Waals surface area contributed by atoms with E-state index in [1.165, 1.54) is 148 Å².